The fourth-order valence-electron chi connectivity index (χ4n) is 6.11. The van der Waals surface area contributed by atoms with Crippen LogP contribution in [0.25, 0.3) is 0 Å². The molecule has 2 saturated heterocycles. The topological polar surface area (TPSA) is 99.6 Å². The summed E-state index contributed by atoms with van der Waals surface area (Å²) in [6.07, 6.45) is 6.81. The van der Waals surface area contributed by atoms with Gasteiger partial charge < -0.3 is 29.3 Å². The number of carbonyl (C=O) groups excluding carboxylic acids is 3. The van der Waals surface area contributed by atoms with Crippen LogP contribution in [-0.4, -0.2) is 84.9 Å². The second-order valence-corrected chi connectivity index (χ2v) is 9.55. The first-order chi connectivity index (χ1) is 17.5. The van der Waals surface area contributed by atoms with E-state index in [9.17, 15) is 19.5 Å². The molecule has 0 saturated carbocycles. The van der Waals surface area contributed by atoms with Crippen LogP contribution >= 0.6 is 0 Å². The largest absolute Gasteiger partial charge is 0.461 e. The molecule has 0 bridgehead atoms. The lowest BCUT2D eigenvalue weighted by atomic mass is 9.78. The summed E-state index contributed by atoms with van der Waals surface area (Å²) in [4.78, 5) is 46.2. The second-order valence-electron chi connectivity index (χ2n) is 9.55. The molecule has 4 aliphatic rings. The van der Waals surface area contributed by atoms with Gasteiger partial charge in [0.15, 0.2) is 0 Å². The molecule has 1 unspecified atom stereocenters. The van der Waals surface area contributed by atoms with E-state index in [0.29, 0.717) is 13.0 Å². The number of carbonyl (C=O) groups is 3. The van der Waals surface area contributed by atoms with Crippen LogP contribution in [-0.2, 0) is 23.9 Å². The van der Waals surface area contributed by atoms with Gasteiger partial charge in [0.25, 0.3) is 5.91 Å². The molecule has 1 N–H and O–H groups in total. The lowest BCUT2D eigenvalue weighted by Crippen LogP contribution is -2.55. The van der Waals surface area contributed by atoms with Crippen LogP contribution < -0.4 is 9.80 Å². The molecule has 4 heterocycles. The number of benzene rings is 1. The minimum absolute atomic E-state index is 0.119. The number of amides is 2. The summed E-state index contributed by atoms with van der Waals surface area (Å²) in [5.74, 6) is -2.76. The molecule has 1 spiro atoms. The first kappa shape index (κ1) is 24.5. The van der Waals surface area contributed by atoms with Crippen LogP contribution in [0.1, 0.15) is 20.3 Å². The number of hydrogen-bond acceptors (Lipinski definition) is 7. The van der Waals surface area contributed by atoms with E-state index in [1.54, 1.807) is 23.1 Å². The van der Waals surface area contributed by atoms with E-state index >= 15 is 0 Å². The highest BCUT2D eigenvalue weighted by atomic mass is 16.6. The molecule has 1 aromatic carbocycles. The van der Waals surface area contributed by atoms with E-state index in [-0.39, 0.29) is 31.6 Å². The Balaban J connectivity index is 1.53. The third-order valence-corrected chi connectivity index (χ3v) is 7.76. The Labute approximate surface area is 210 Å². The van der Waals surface area contributed by atoms with Crippen molar-refractivity contribution in [3.8, 4) is 0 Å². The Morgan fingerprint density at radius 2 is 1.83 bits per heavy atom. The minimum atomic E-state index is -1.28. The lowest BCUT2D eigenvalue weighted by Gasteiger charge is -2.35. The number of anilines is 2. The van der Waals surface area contributed by atoms with Crippen molar-refractivity contribution in [1.29, 1.82) is 0 Å². The van der Waals surface area contributed by atoms with Crippen molar-refractivity contribution in [2.75, 3.05) is 49.2 Å². The van der Waals surface area contributed by atoms with Crippen molar-refractivity contribution in [3.63, 3.8) is 0 Å². The molecule has 9 nitrogen and oxygen atoms in total. The molecular formula is C27H33N3O6. The molecule has 0 aliphatic carbocycles. The van der Waals surface area contributed by atoms with Crippen molar-refractivity contribution >= 4 is 29.2 Å². The minimum Gasteiger partial charge on any atom is -0.461 e. The van der Waals surface area contributed by atoms with Gasteiger partial charge in [-0.05, 0) is 50.6 Å². The zero-order chi connectivity index (χ0) is 25.4. The average Bonchev–Trinajstić information content (AvgIpc) is 3.18. The highest BCUT2D eigenvalue weighted by Crippen LogP contribution is 2.53. The monoisotopic (exact) mass is 495 g/mol. The van der Waals surface area contributed by atoms with E-state index in [1.807, 2.05) is 30.3 Å². The van der Waals surface area contributed by atoms with Crippen molar-refractivity contribution in [2.24, 2.45) is 11.8 Å². The van der Waals surface area contributed by atoms with Gasteiger partial charge in [0.1, 0.15) is 24.2 Å². The smallest absolute Gasteiger partial charge is 0.313 e. The number of nitrogens with zero attached hydrogens (tertiary/aromatic N) is 3. The van der Waals surface area contributed by atoms with Gasteiger partial charge in [0.05, 0.1) is 12.0 Å². The van der Waals surface area contributed by atoms with Crippen molar-refractivity contribution in [1.82, 2.24) is 4.90 Å². The summed E-state index contributed by atoms with van der Waals surface area (Å²) in [5.41, 5.74) is 0.515. The summed E-state index contributed by atoms with van der Waals surface area (Å²) < 4.78 is 11.8. The quantitative estimate of drug-likeness (QED) is 0.452. The maximum absolute atomic E-state index is 14.2. The Morgan fingerprint density at radius 1 is 1.08 bits per heavy atom. The Hall–Kier alpha value is -3.17. The Kier molecular flexibility index (Phi) is 6.61. The molecular weight excluding hydrogens is 462 g/mol. The molecule has 9 heteroatoms. The van der Waals surface area contributed by atoms with E-state index in [0.717, 1.165) is 24.5 Å². The molecule has 1 aromatic rings. The van der Waals surface area contributed by atoms with Gasteiger partial charge in [-0.15, -0.1) is 0 Å². The second kappa shape index (κ2) is 9.71. The van der Waals surface area contributed by atoms with Gasteiger partial charge in [0, 0.05) is 44.2 Å². The van der Waals surface area contributed by atoms with Crippen molar-refractivity contribution < 1.29 is 29.0 Å². The molecule has 36 heavy (non-hydrogen) atoms. The maximum Gasteiger partial charge on any atom is 0.313 e. The Bertz CT molecular complexity index is 1080. The van der Waals surface area contributed by atoms with E-state index in [2.05, 4.69) is 18.7 Å². The maximum atomic E-state index is 14.2. The van der Waals surface area contributed by atoms with Gasteiger partial charge in [0.2, 0.25) is 5.91 Å². The molecule has 5 atom stereocenters. The molecule has 2 fully saturated rings. The molecule has 2 amide bonds. The van der Waals surface area contributed by atoms with Crippen molar-refractivity contribution in [3.05, 3.63) is 48.6 Å². The first-order valence-electron chi connectivity index (χ1n) is 12.7. The summed E-state index contributed by atoms with van der Waals surface area (Å²) in [5, 5.41) is 9.47. The predicted octanol–water partition coefficient (Wildman–Crippen LogP) is 1.51. The lowest BCUT2D eigenvalue weighted by molar-refractivity contribution is -0.152. The fourth-order valence-corrected chi connectivity index (χ4v) is 6.11. The molecule has 192 valence electrons. The number of rotatable bonds is 7. The number of esters is 1. The predicted molar refractivity (Wildman–Crippen MR) is 133 cm³/mol. The normalized spacial score (nSPS) is 31.0. The van der Waals surface area contributed by atoms with Crippen LogP contribution in [0, 0.1) is 11.8 Å². The van der Waals surface area contributed by atoms with Gasteiger partial charge >= 0.3 is 5.97 Å². The number of cyclic esters (lactones) is 1. The highest BCUT2D eigenvalue weighted by molar-refractivity contribution is 6.05. The third kappa shape index (κ3) is 3.72. The number of likely N-dealkylation sites (tertiary alicyclic amines) is 1. The summed E-state index contributed by atoms with van der Waals surface area (Å²) in [6, 6.07) is 6.89. The van der Waals surface area contributed by atoms with Crippen LogP contribution in [0.2, 0.25) is 0 Å². The van der Waals surface area contributed by atoms with Crippen LogP contribution in [0.5, 0.6) is 0 Å². The summed E-state index contributed by atoms with van der Waals surface area (Å²) >= 11 is 0. The van der Waals surface area contributed by atoms with Gasteiger partial charge in [-0.3, -0.25) is 14.4 Å². The molecule has 5 rings (SSSR count). The third-order valence-electron chi connectivity index (χ3n) is 7.76. The van der Waals surface area contributed by atoms with Gasteiger partial charge in [-0.1, -0.05) is 18.2 Å². The number of aliphatic hydroxyl groups is 1. The SMILES string of the molecule is CCN(CC)c1ccc(N2CC=C[C@]34O[C@@H]5C=CCOC(=O)[C@@H]5[C@H]3C(=O)N(CCCO)C4C2=O)cc1. The number of aliphatic hydroxyl groups excluding tert-OH is 1. The molecule has 0 radical (unpaired) electrons. The molecule has 0 aromatic heterocycles. The van der Waals surface area contributed by atoms with Gasteiger partial charge in [-0.2, -0.15) is 0 Å². The average molecular weight is 496 g/mol. The van der Waals surface area contributed by atoms with E-state index < -0.39 is 35.6 Å². The Morgan fingerprint density at radius 3 is 2.53 bits per heavy atom. The van der Waals surface area contributed by atoms with Gasteiger partial charge in [-0.25, -0.2) is 0 Å². The van der Waals surface area contributed by atoms with Crippen molar-refractivity contribution in [2.45, 2.75) is 38.0 Å². The molecule has 4 aliphatic heterocycles. The van der Waals surface area contributed by atoms with Crippen LogP contribution in [0.4, 0.5) is 11.4 Å². The number of fused-ring (bicyclic) bond motifs is 2. The highest BCUT2D eigenvalue weighted by Gasteiger charge is 2.71. The van der Waals surface area contributed by atoms with E-state index in [4.69, 9.17) is 9.47 Å². The zero-order valence-corrected chi connectivity index (χ0v) is 20.7. The standard InChI is InChI=1S/C27H33N3O6/c1-3-28(4-2)18-9-11-19(12-10-18)29-14-6-13-27-22(21-20(36-27)8-5-17-35-26(21)34)24(32)30(15-7-16-31)23(27)25(29)33/h5-6,8-13,20-23,31H,3-4,7,14-17H2,1-2H3/t20-,21+,22+,23?,27+/m1/s1. The van der Waals surface area contributed by atoms with Crippen LogP contribution in [0.15, 0.2) is 48.6 Å². The number of ether oxygens (including phenoxy) is 2. The fraction of sp³-hybridized carbons (Fsp3) is 0.519. The van der Waals surface area contributed by atoms with Crippen LogP contribution in [0.3, 0.4) is 0 Å². The zero-order valence-electron chi connectivity index (χ0n) is 20.7. The first-order valence-corrected chi connectivity index (χ1v) is 12.7. The number of hydrogen-bond donors (Lipinski definition) is 1. The van der Waals surface area contributed by atoms with E-state index in [1.165, 1.54) is 4.90 Å². The summed E-state index contributed by atoms with van der Waals surface area (Å²) in [6.45, 7) is 6.48. The summed E-state index contributed by atoms with van der Waals surface area (Å²) in [7, 11) is 0.